The fraction of sp³-hybridized carbons (Fsp3) is 0.444. The molecule has 2 heterocycles. The van der Waals surface area contributed by atoms with Crippen LogP contribution < -0.4 is 10.2 Å². The van der Waals surface area contributed by atoms with Crippen molar-refractivity contribution in [2.24, 2.45) is 0 Å². The fourth-order valence-electron chi connectivity index (χ4n) is 3.29. The van der Waals surface area contributed by atoms with Crippen LogP contribution >= 0.6 is 0 Å². The van der Waals surface area contributed by atoms with Gasteiger partial charge in [0.15, 0.2) is 0 Å². The van der Waals surface area contributed by atoms with Crippen LogP contribution in [0.1, 0.15) is 33.6 Å². The first-order valence-electron chi connectivity index (χ1n) is 8.51. The van der Waals surface area contributed by atoms with E-state index < -0.39 is 23.8 Å². The third-order valence-electron chi connectivity index (χ3n) is 4.74. The molecule has 1 unspecified atom stereocenters. The number of piperidine rings is 1. The Hall–Kier alpha value is -2.74. The molecule has 0 bridgehead atoms. The highest BCUT2D eigenvalue weighted by molar-refractivity contribution is 6.25. The van der Waals surface area contributed by atoms with Gasteiger partial charge in [-0.3, -0.25) is 29.4 Å². The molecule has 1 fully saturated rings. The Morgan fingerprint density at radius 1 is 1.08 bits per heavy atom. The van der Waals surface area contributed by atoms with Gasteiger partial charge in [0.2, 0.25) is 11.8 Å². The van der Waals surface area contributed by atoms with Gasteiger partial charge in [0.25, 0.3) is 11.8 Å². The second-order valence-corrected chi connectivity index (χ2v) is 6.87. The van der Waals surface area contributed by atoms with Crippen LogP contribution in [-0.2, 0) is 9.59 Å². The van der Waals surface area contributed by atoms with Crippen molar-refractivity contribution in [3.63, 3.8) is 0 Å². The Morgan fingerprint density at radius 2 is 1.81 bits per heavy atom. The molecular formula is C18H22N4O4. The van der Waals surface area contributed by atoms with Crippen LogP contribution in [0, 0.1) is 0 Å². The van der Waals surface area contributed by atoms with Crippen LogP contribution in [0.2, 0.25) is 0 Å². The number of anilines is 1. The molecule has 2 aliphatic heterocycles. The molecule has 0 spiro atoms. The summed E-state index contributed by atoms with van der Waals surface area (Å²) in [5.41, 5.74) is 1.29. The van der Waals surface area contributed by atoms with E-state index in [-0.39, 0.29) is 18.7 Å². The number of imide groups is 2. The molecule has 1 aromatic rings. The standard InChI is InChI=1S/C18H22N4O4/c1-20(2)9-10-21(3)12-6-4-5-11-15(12)18(26)22(17(11)25)13-7-8-14(23)19-16(13)24/h4-6,13H,7-10H2,1-3H3,(H,19,23,24). The Bertz CT molecular complexity index is 789. The monoisotopic (exact) mass is 358 g/mol. The van der Waals surface area contributed by atoms with Gasteiger partial charge in [0.1, 0.15) is 6.04 Å². The van der Waals surface area contributed by atoms with Gasteiger partial charge < -0.3 is 9.80 Å². The second-order valence-electron chi connectivity index (χ2n) is 6.87. The molecule has 4 amide bonds. The molecule has 0 aliphatic carbocycles. The van der Waals surface area contributed by atoms with E-state index in [4.69, 9.17) is 0 Å². The summed E-state index contributed by atoms with van der Waals surface area (Å²) in [6, 6.07) is 4.19. The second kappa shape index (κ2) is 6.87. The summed E-state index contributed by atoms with van der Waals surface area (Å²) in [6.07, 6.45) is 0.265. The summed E-state index contributed by atoms with van der Waals surface area (Å²) in [6.45, 7) is 1.47. The highest BCUT2D eigenvalue weighted by Gasteiger charge is 2.45. The van der Waals surface area contributed by atoms with Gasteiger partial charge in [-0.1, -0.05) is 6.07 Å². The normalized spacial score (nSPS) is 19.8. The lowest BCUT2D eigenvalue weighted by Gasteiger charge is -2.28. The van der Waals surface area contributed by atoms with Crippen LogP contribution in [0.15, 0.2) is 18.2 Å². The zero-order chi connectivity index (χ0) is 19.0. The number of hydrogen-bond acceptors (Lipinski definition) is 6. The van der Waals surface area contributed by atoms with Crippen molar-refractivity contribution < 1.29 is 19.2 Å². The summed E-state index contributed by atoms with van der Waals surface area (Å²) in [5, 5.41) is 2.20. The Balaban J connectivity index is 1.91. The number of likely N-dealkylation sites (N-methyl/N-ethyl adjacent to an activating group) is 2. The lowest BCUT2D eigenvalue weighted by molar-refractivity contribution is -0.136. The fourth-order valence-corrected chi connectivity index (χ4v) is 3.29. The van der Waals surface area contributed by atoms with E-state index in [1.807, 2.05) is 30.9 Å². The van der Waals surface area contributed by atoms with Gasteiger partial charge in [0, 0.05) is 26.6 Å². The molecule has 8 heteroatoms. The molecule has 3 rings (SSSR count). The Kier molecular flexibility index (Phi) is 4.78. The maximum Gasteiger partial charge on any atom is 0.264 e. The molecule has 0 aromatic heterocycles. The number of amides is 4. The van der Waals surface area contributed by atoms with E-state index in [9.17, 15) is 19.2 Å². The van der Waals surface area contributed by atoms with Crippen LogP contribution in [0.4, 0.5) is 5.69 Å². The maximum absolute atomic E-state index is 13.0. The lowest BCUT2D eigenvalue weighted by atomic mass is 10.0. The summed E-state index contributed by atoms with van der Waals surface area (Å²) in [4.78, 5) is 54.2. The lowest BCUT2D eigenvalue weighted by Crippen LogP contribution is -2.54. The topological polar surface area (TPSA) is 90.0 Å². The van der Waals surface area contributed by atoms with Crippen LogP contribution in [0.3, 0.4) is 0 Å². The molecule has 0 saturated carbocycles. The molecule has 0 radical (unpaired) electrons. The third-order valence-corrected chi connectivity index (χ3v) is 4.74. The minimum atomic E-state index is -0.944. The zero-order valence-corrected chi connectivity index (χ0v) is 15.1. The first kappa shape index (κ1) is 18.1. The van der Waals surface area contributed by atoms with E-state index in [1.54, 1.807) is 18.2 Å². The van der Waals surface area contributed by atoms with Crippen LogP contribution in [0.25, 0.3) is 0 Å². The number of carbonyl (C=O) groups excluding carboxylic acids is 4. The molecule has 1 aromatic carbocycles. The molecule has 1 atom stereocenters. The van der Waals surface area contributed by atoms with Gasteiger partial charge in [0.05, 0.1) is 16.8 Å². The molecule has 2 aliphatic rings. The largest absolute Gasteiger partial charge is 0.373 e. The molecule has 1 saturated heterocycles. The number of carbonyl (C=O) groups is 4. The minimum Gasteiger partial charge on any atom is -0.373 e. The van der Waals surface area contributed by atoms with E-state index in [0.29, 0.717) is 23.4 Å². The molecule has 26 heavy (non-hydrogen) atoms. The number of benzene rings is 1. The first-order chi connectivity index (χ1) is 12.3. The average Bonchev–Trinajstić information content (AvgIpc) is 2.84. The van der Waals surface area contributed by atoms with Crippen LogP contribution in [0.5, 0.6) is 0 Å². The number of rotatable bonds is 5. The van der Waals surface area contributed by atoms with Gasteiger partial charge in [-0.25, -0.2) is 0 Å². The van der Waals surface area contributed by atoms with Crippen molar-refractivity contribution in [1.29, 1.82) is 0 Å². The van der Waals surface area contributed by atoms with E-state index in [0.717, 1.165) is 11.4 Å². The first-order valence-corrected chi connectivity index (χ1v) is 8.51. The van der Waals surface area contributed by atoms with Gasteiger partial charge in [-0.2, -0.15) is 0 Å². The highest BCUT2D eigenvalue weighted by atomic mass is 16.2. The quantitative estimate of drug-likeness (QED) is 0.750. The molecule has 1 N–H and O–H groups in total. The summed E-state index contributed by atoms with van der Waals surface area (Å²) in [5.74, 6) is -1.95. The van der Waals surface area contributed by atoms with Crippen molar-refractivity contribution >= 4 is 29.3 Å². The summed E-state index contributed by atoms with van der Waals surface area (Å²) >= 11 is 0. The third kappa shape index (κ3) is 3.08. The predicted octanol–water partition coefficient (Wildman–Crippen LogP) is 0.0856. The molecule has 138 valence electrons. The van der Waals surface area contributed by atoms with Crippen LogP contribution in [-0.4, -0.2) is 73.7 Å². The van der Waals surface area contributed by atoms with Crippen molar-refractivity contribution in [1.82, 2.24) is 15.1 Å². The molecule has 8 nitrogen and oxygen atoms in total. The highest BCUT2D eigenvalue weighted by Crippen LogP contribution is 2.33. The van der Waals surface area contributed by atoms with Crippen molar-refractivity contribution in [3.8, 4) is 0 Å². The predicted molar refractivity (Wildman–Crippen MR) is 94.9 cm³/mol. The van der Waals surface area contributed by atoms with Crippen molar-refractivity contribution in [2.75, 3.05) is 39.1 Å². The van der Waals surface area contributed by atoms with Gasteiger partial charge in [-0.05, 0) is 32.6 Å². The van der Waals surface area contributed by atoms with E-state index in [2.05, 4.69) is 5.32 Å². The van der Waals surface area contributed by atoms with Crippen molar-refractivity contribution in [3.05, 3.63) is 29.3 Å². The Labute approximate surface area is 151 Å². The zero-order valence-electron chi connectivity index (χ0n) is 15.1. The van der Waals surface area contributed by atoms with Gasteiger partial charge in [-0.15, -0.1) is 0 Å². The number of hydrogen-bond donors (Lipinski definition) is 1. The summed E-state index contributed by atoms with van der Waals surface area (Å²) < 4.78 is 0. The average molecular weight is 358 g/mol. The maximum atomic E-state index is 13.0. The van der Waals surface area contributed by atoms with Crippen molar-refractivity contribution in [2.45, 2.75) is 18.9 Å². The number of nitrogens with one attached hydrogen (secondary N) is 1. The number of nitrogens with zero attached hydrogens (tertiary/aromatic N) is 3. The minimum absolute atomic E-state index is 0.111. The smallest absolute Gasteiger partial charge is 0.264 e. The molecular weight excluding hydrogens is 336 g/mol. The van der Waals surface area contributed by atoms with E-state index >= 15 is 0 Å². The van der Waals surface area contributed by atoms with Gasteiger partial charge >= 0.3 is 0 Å². The SMILES string of the molecule is CN(C)CCN(C)c1cccc2c1C(=O)N(C1CCC(=O)NC1=O)C2=O. The van der Waals surface area contributed by atoms with E-state index in [1.165, 1.54) is 0 Å². The number of fused-ring (bicyclic) bond motifs is 1. The summed E-state index contributed by atoms with van der Waals surface area (Å²) in [7, 11) is 5.79. The Morgan fingerprint density at radius 3 is 2.46 bits per heavy atom.